The number of ketones is 1. The molecule has 33 heavy (non-hydrogen) atoms. The summed E-state index contributed by atoms with van der Waals surface area (Å²) in [4.78, 5) is 25.4. The van der Waals surface area contributed by atoms with Gasteiger partial charge in [0, 0.05) is 6.42 Å². The van der Waals surface area contributed by atoms with Gasteiger partial charge in [0.2, 0.25) is 0 Å². The van der Waals surface area contributed by atoms with Crippen molar-refractivity contribution < 1.29 is 14.7 Å². The number of carboxylic acid groups (broad SMARTS) is 1. The molecule has 3 nitrogen and oxygen atoms in total. The number of aliphatic carboxylic acids is 1. The highest BCUT2D eigenvalue weighted by Crippen LogP contribution is 2.76. The number of carbonyl (C=O) groups is 2. The minimum atomic E-state index is -1.20. The zero-order valence-corrected chi connectivity index (χ0v) is 22.3. The fourth-order valence-corrected chi connectivity index (χ4v) is 11.5. The first kappa shape index (κ1) is 23.9. The Morgan fingerprint density at radius 2 is 1.52 bits per heavy atom. The number of carbonyl (C=O) groups excluding carboxylic acids is 1. The molecule has 5 aliphatic carbocycles. The summed E-state index contributed by atoms with van der Waals surface area (Å²) in [7, 11) is 0. The second-order valence-corrected chi connectivity index (χ2v) is 14.7. The van der Waals surface area contributed by atoms with E-state index in [2.05, 4.69) is 41.5 Å². The van der Waals surface area contributed by atoms with Crippen molar-refractivity contribution in [2.75, 3.05) is 0 Å². The van der Waals surface area contributed by atoms with Gasteiger partial charge in [0.25, 0.3) is 0 Å². The Bertz CT molecular complexity index is 865. The quantitative estimate of drug-likeness (QED) is 0.419. The van der Waals surface area contributed by atoms with Crippen LogP contribution in [0.15, 0.2) is 0 Å². The van der Waals surface area contributed by atoms with Gasteiger partial charge in [-0.15, -0.1) is 0 Å². The first-order valence-electron chi connectivity index (χ1n) is 14.0. The molecule has 0 aromatic rings. The van der Waals surface area contributed by atoms with Crippen molar-refractivity contribution in [3.05, 3.63) is 0 Å². The van der Waals surface area contributed by atoms with E-state index in [9.17, 15) is 14.7 Å². The van der Waals surface area contributed by atoms with Gasteiger partial charge in [0.1, 0.15) is 11.2 Å². The molecule has 0 spiro atoms. The van der Waals surface area contributed by atoms with Crippen LogP contribution in [0.4, 0.5) is 0 Å². The Kier molecular flexibility index (Phi) is 5.13. The minimum Gasteiger partial charge on any atom is -0.480 e. The molecule has 3 heteroatoms. The Labute approximate surface area is 201 Å². The van der Waals surface area contributed by atoms with Crippen LogP contribution in [0.2, 0.25) is 0 Å². The summed E-state index contributed by atoms with van der Waals surface area (Å²) in [6, 6.07) is 0. The summed E-state index contributed by atoms with van der Waals surface area (Å²) in [5.74, 6) is 2.81. The van der Waals surface area contributed by atoms with Gasteiger partial charge in [0.05, 0.1) is 0 Å². The lowest BCUT2D eigenvalue weighted by atomic mass is 9.31. The molecule has 5 rings (SSSR count). The van der Waals surface area contributed by atoms with Crippen LogP contribution in [0.3, 0.4) is 0 Å². The second-order valence-electron chi connectivity index (χ2n) is 14.7. The van der Waals surface area contributed by atoms with E-state index >= 15 is 0 Å². The van der Waals surface area contributed by atoms with E-state index in [0.29, 0.717) is 23.2 Å². The van der Waals surface area contributed by atoms with Crippen LogP contribution < -0.4 is 0 Å². The Morgan fingerprint density at radius 1 is 0.818 bits per heavy atom. The summed E-state index contributed by atoms with van der Waals surface area (Å²) >= 11 is 0. The van der Waals surface area contributed by atoms with Crippen molar-refractivity contribution in [3.63, 3.8) is 0 Å². The molecule has 5 fully saturated rings. The molecule has 0 amide bonds. The molecule has 0 bridgehead atoms. The molecule has 0 aromatic heterocycles. The van der Waals surface area contributed by atoms with E-state index in [1.807, 2.05) is 0 Å². The third kappa shape index (κ3) is 2.75. The van der Waals surface area contributed by atoms with Crippen LogP contribution in [0.5, 0.6) is 0 Å². The molecule has 2 unspecified atom stereocenters. The lowest BCUT2D eigenvalue weighted by molar-refractivity contribution is -0.246. The van der Waals surface area contributed by atoms with Crippen molar-refractivity contribution in [1.29, 1.82) is 0 Å². The molecule has 0 aromatic carbocycles. The smallest absolute Gasteiger partial charge is 0.317 e. The number of carboxylic acids is 1. The van der Waals surface area contributed by atoms with Crippen LogP contribution in [0.25, 0.3) is 0 Å². The lowest BCUT2D eigenvalue weighted by Gasteiger charge is -2.73. The molecular formula is C30H48O3. The van der Waals surface area contributed by atoms with E-state index in [-0.39, 0.29) is 22.5 Å². The summed E-state index contributed by atoms with van der Waals surface area (Å²) in [5, 5.41) is 10.2. The van der Waals surface area contributed by atoms with E-state index in [0.717, 1.165) is 42.9 Å². The van der Waals surface area contributed by atoms with Crippen molar-refractivity contribution in [2.45, 2.75) is 113 Å². The average molecular weight is 457 g/mol. The molecule has 186 valence electrons. The Balaban J connectivity index is 1.55. The maximum Gasteiger partial charge on any atom is 0.317 e. The largest absolute Gasteiger partial charge is 0.480 e. The summed E-state index contributed by atoms with van der Waals surface area (Å²) in [5.41, 5.74) is -0.193. The highest BCUT2D eigenvalue weighted by Gasteiger charge is 2.71. The third-order valence-corrected chi connectivity index (χ3v) is 13.9. The normalized spacial score (nSPS) is 58.5. The standard InChI is InChI=1S/C30H48O3/c1-18-10-13-26(3)16-17-28(5)20(24(26)19(18)2)8-9-21-27(4)14-12-23(31)30(7,25(32)33)22(27)11-15-29(21,28)6/h18-22,24H,8-17H2,1-7H3,(H,32,33)/t18-,19+,20-,21-,22?,24+,26-,27-,28-,29-,30?/m1/s1. The number of Topliss-reactive ketones (excluding diaryl/α,β-unsaturated/α-hetero) is 1. The number of hydrogen-bond acceptors (Lipinski definition) is 2. The van der Waals surface area contributed by atoms with Gasteiger partial charge < -0.3 is 5.11 Å². The fraction of sp³-hybridized carbons (Fsp3) is 0.933. The van der Waals surface area contributed by atoms with E-state index < -0.39 is 11.4 Å². The van der Waals surface area contributed by atoms with Crippen molar-refractivity contribution in [3.8, 4) is 0 Å². The van der Waals surface area contributed by atoms with Gasteiger partial charge in [0.15, 0.2) is 0 Å². The molecule has 0 aliphatic heterocycles. The molecule has 0 heterocycles. The maximum atomic E-state index is 13.0. The van der Waals surface area contributed by atoms with Gasteiger partial charge in [-0.3, -0.25) is 9.59 Å². The van der Waals surface area contributed by atoms with E-state index in [1.165, 1.54) is 38.5 Å². The molecule has 5 saturated carbocycles. The van der Waals surface area contributed by atoms with E-state index in [4.69, 9.17) is 0 Å². The maximum absolute atomic E-state index is 13.0. The van der Waals surface area contributed by atoms with Gasteiger partial charge >= 0.3 is 5.97 Å². The zero-order chi connectivity index (χ0) is 24.2. The van der Waals surface area contributed by atoms with Crippen LogP contribution in [-0.4, -0.2) is 16.9 Å². The van der Waals surface area contributed by atoms with Crippen LogP contribution in [-0.2, 0) is 9.59 Å². The van der Waals surface area contributed by atoms with Crippen LogP contribution in [0.1, 0.15) is 113 Å². The van der Waals surface area contributed by atoms with Gasteiger partial charge in [-0.05, 0) is 122 Å². The van der Waals surface area contributed by atoms with Crippen molar-refractivity contribution in [1.82, 2.24) is 0 Å². The van der Waals surface area contributed by atoms with Gasteiger partial charge in [-0.25, -0.2) is 0 Å². The summed E-state index contributed by atoms with van der Waals surface area (Å²) in [6.45, 7) is 17.0. The minimum absolute atomic E-state index is 0.0237. The first-order valence-corrected chi connectivity index (χ1v) is 14.0. The molecule has 11 atom stereocenters. The second kappa shape index (κ2) is 7.10. The first-order chi connectivity index (χ1) is 15.3. The monoisotopic (exact) mass is 456 g/mol. The van der Waals surface area contributed by atoms with Gasteiger partial charge in [-0.2, -0.15) is 0 Å². The molecule has 5 aliphatic rings. The summed E-state index contributed by atoms with van der Waals surface area (Å²) in [6.07, 6.45) is 11.3. The van der Waals surface area contributed by atoms with Crippen LogP contribution >= 0.6 is 0 Å². The van der Waals surface area contributed by atoms with Crippen LogP contribution in [0, 0.1) is 62.6 Å². The lowest BCUT2D eigenvalue weighted by Crippen LogP contribution is -2.68. The molecule has 0 saturated heterocycles. The Morgan fingerprint density at radius 3 is 2.18 bits per heavy atom. The summed E-state index contributed by atoms with van der Waals surface area (Å²) < 4.78 is 0. The fourth-order valence-electron chi connectivity index (χ4n) is 11.5. The predicted octanol–water partition coefficient (Wildman–Crippen LogP) is 7.38. The third-order valence-electron chi connectivity index (χ3n) is 13.9. The van der Waals surface area contributed by atoms with Crippen molar-refractivity contribution in [2.24, 2.45) is 62.6 Å². The van der Waals surface area contributed by atoms with Crippen molar-refractivity contribution >= 4 is 11.8 Å². The SMILES string of the molecule is C[C@@H]1[C@H]2[C@H]3CC[C@@H]4[C@@]5(C)CCC(=O)C(C)(C(=O)O)C5CC[C@@]4(C)[C@]3(C)CC[C@@]2(C)CC[C@H]1C. The zero-order valence-electron chi connectivity index (χ0n) is 22.3. The molecule has 0 radical (unpaired) electrons. The van der Waals surface area contributed by atoms with E-state index in [1.54, 1.807) is 6.92 Å². The molecular weight excluding hydrogens is 408 g/mol. The van der Waals surface area contributed by atoms with Gasteiger partial charge in [-0.1, -0.05) is 41.5 Å². The number of fused-ring (bicyclic) bond motifs is 7. The number of hydrogen-bond donors (Lipinski definition) is 1. The topological polar surface area (TPSA) is 54.4 Å². The highest BCUT2D eigenvalue weighted by molar-refractivity contribution is 6.03. The highest BCUT2D eigenvalue weighted by atomic mass is 16.4. The average Bonchev–Trinajstić information content (AvgIpc) is 2.75. The molecule has 1 N–H and O–H groups in total. The predicted molar refractivity (Wildman–Crippen MR) is 132 cm³/mol. The Hall–Kier alpha value is -0.860. The number of rotatable bonds is 1.